The highest BCUT2D eigenvalue weighted by Gasteiger charge is 2.42. The average molecular weight is 283 g/mol. The zero-order valence-electron chi connectivity index (χ0n) is 12.3. The highest BCUT2D eigenvalue weighted by atomic mass is 19.1. The maximum absolute atomic E-state index is 14.4. The first-order valence-corrected chi connectivity index (χ1v) is 7.35. The van der Waals surface area contributed by atoms with Gasteiger partial charge in [-0.1, -0.05) is 44.2 Å². The predicted octanol–water partition coefficient (Wildman–Crippen LogP) is 4.06. The lowest BCUT2D eigenvalue weighted by atomic mass is 9.87. The standard InChI is InChI=1S/C18H18FNO/c1-18(2)11-20(17-13(18)7-5-8-14(17)19)15-10-21-16-9-4-3-6-12(15)16/h3-9,15H,10-11H2,1-2H3/t15-/m1/s1. The van der Waals surface area contributed by atoms with Gasteiger partial charge in [0.05, 0.1) is 11.7 Å². The summed E-state index contributed by atoms with van der Waals surface area (Å²) in [5.41, 5.74) is 2.94. The van der Waals surface area contributed by atoms with Crippen molar-refractivity contribution in [2.45, 2.75) is 25.3 Å². The van der Waals surface area contributed by atoms with Gasteiger partial charge in [-0.15, -0.1) is 0 Å². The summed E-state index contributed by atoms with van der Waals surface area (Å²) in [5.74, 6) is 0.785. The normalized spacial score (nSPS) is 21.9. The minimum Gasteiger partial charge on any atom is -0.491 e. The Bertz CT molecular complexity index is 710. The molecule has 0 fully saturated rings. The molecule has 2 heterocycles. The predicted molar refractivity (Wildman–Crippen MR) is 81.5 cm³/mol. The van der Waals surface area contributed by atoms with Gasteiger partial charge in [0.1, 0.15) is 18.2 Å². The Morgan fingerprint density at radius 3 is 2.81 bits per heavy atom. The van der Waals surface area contributed by atoms with Crippen LogP contribution < -0.4 is 9.64 Å². The molecule has 0 N–H and O–H groups in total. The zero-order valence-corrected chi connectivity index (χ0v) is 12.3. The van der Waals surface area contributed by atoms with Crippen LogP contribution in [0.25, 0.3) is 0 Å². The van der Waals surface area contributed by atoms with Crippen molar-refractivity contribution in [2.24, 2.45) is 0 Å². The Balaban J connectivity index is 1.83. The fraction of sp³-hybridized carbons (Fsp3) is 0.333. The number of hydrogen-bond acceptors (Lipinski definition) is 2. The Kier molecular flexibility index (Phi) is 2.56. The molecule has 2 aliphatic heterocycles. The summed E-state index contributed by atoms with van der Waals surface area (Å²) in [6, 6.07) is 13.6. The second kappa shape index (κ2) is 4.23. The SMILES string of the molecule is CC1(C)CN([C@@H]2COc3ccccc32)c2c(F)cccc21. The molecule has 4 rings (SSSR count). The van der Waals surface area contributed by atoms with Crippen molar-refractivity contribution >= 4 is 5.69 Å². The average Bonchev–Trinajstić information content (AvgIpc) is 2.99. The summed E-state index contributed by atoms with van der Waals surface area (Å²) in [4.78, 5) is 2.18. The van der Waals surface area contributed by atoms with Crippen LogP contribution in [-0.4, -0.2) is 13.2 Å². The van der Waals surface area contributed by atoms with E-state index in [0.29, 0.717) is 6.61 Å². The molecule has 0 aliphatic carbocycles. The van der Waals surface area contributed by atoms with E-state index in [1.165, 1.54) is 0 Å². The molecule has 0 amide bonds. The van der Waals surface area contributed by atoms with E-state index in [1.54, 1.807) is 12.1 Å². The smallest absolute Gasteiger partial charge is 0.146 e. The van der Waals surface area contributed by atoms with E-state index in [4.69, 9.17) is 4.74 Å². The molecule has 0 radical (unpaired) electrons. The van der Waals surface area contributed by atoms with Crippen LogP contribution in [0, 0.1) is 5.82 Å². The summed E-state index contributed by atoms with van der Waals surface area (Å²) >= 11 is 0. The van der Waals surface area contributed by atoms with Gasteiger partial charge in [0.2, 0.25) is 0 Å². The molecule has 0 saturated carbocycles. The van der Waals surface area contributed by atoms with E-state index in [1.807, 2.05) is 24.3 Å². The van der Waals surface area contributed by atoms with Crippen LogP contribution in [0.15, 0.2) is 42.5 Å². The molecule has 3 heteroatoms. The molecule has 2 aliphatic rings. The molecule has 0 saturated heterocycles. The number of fused-ring (bicyclic) bond motifs is 2. The Hall–Kier alpha value is -2.03. The number of benzene rings is 2. The first-order chi connectivity index (χ1) is 10.1. The first kappa shape index (κ1) is 12.7. The largest absolute Gasteiger partial charge is 0.491 e. The van der Waals surface area contributed by atoms with Crippen molar-refractivity contribution < 1.29 is 9.13 Å². The van der Waals surface area contributed by atoms with Gasteiger partial charge in [0.25, 0.3) is 0 Å². The molecule has 0 aromatic heterocycles. The van der Waals surface area contributed by atoms with Crippen LogP contribution >= 0.6 is 0 Å². The lowest BCUT2D eigenvalue weighted by Crippen LogP contribution is -2.33. The number of para-hydroxylation sites is 2. The summed E-state index contributed by atoms with van der Waals surface area (Å²) < 4.78 is 20.2. The number of rotatable bonds is 1. The fourth-order valence-corrected chi connectivity index (χ4v) is 3.61. The second-order valence-corrected chi connectivity index (χ2v) is 6.51. The Labute approximate surface area is 124 Å². The van der Waals surface area contributed by atoms with E-state index in [2.05, 4.69) is 24.8 Å². The third-order valence-corrected chi connectivity index (χ3v) is 4.62. The van der Waals surface area contributed by atoms with E-state index in [9.17, 15) is 4.39 Å². The maximum Gasteiger partial charge on any atom is 0.146 e. The molecule has 0 unspecified atom stereocenters. The van der Waals surface area contributed by atoms with Crippen LogP contribution in [0.2, 0.25) is 0 Å². The molecule has 1 atom stereocenters. The Morgan fingerprint density at radius 1 is 1.14 bits per heavy atom. The minimum absolute atomic E-state index is 0.0467. The monoisotopic (exact) mass is 283 g/mol. The van der Waals surface area contributed by atoms with Gasteiger partial charge in [-0.25, -0.2) is 4.39 Å². The topological polar surface area (TPSA) is 12.5 Å². The summed E-state index contributed by atoms with van der Waals surface area (Å²) in [6.07, 6.45) is 0. The summed E-state index contributed by atoms with van der Waals surface area (Å²) in [5, 5.41) is 0. The van der Waals surface area contributed by atoms with E-state index >= 15 is 0 Å². The molecular weight excluding hydrogens is 265 g/mol. The van der Waals surface area contributed by atoms with Crippen molar-refractivity contribution in [3.8, 4) is 5.75 Å². The molecule has 2 aromatic carbocycles. The van der Waals surface area contributed by atoms with E-state index in [0.717, 1.165) is 29.1 Å². The molecule has 0 bridgehead atoms. The van der Waals surface area contributed by atoms with Gasteiger partial charge >= 0.3 is 0 Å². The first-order valence-electron chi connectivity index (χ1n) is 7.35. The van der Waals surface area contributed by atoms with Gasteiger partial charge in [-0.3, -0.25) is 0 Å². The van der Waals surface area contributed by atoms with Crippen LogP contribution in [-0.2, 0) is 5.41 Å². The third-order valence-electron chi connectivity index (χ3n) is 4.62. The molecular formula is C18H18FNO. The van der Waals surface area contributed by atoms with Crippen LogP contribution in [0.1, 0.15) is 31.0 Å². The molecule has 2 nitrogen and oxygen atoms in total. The molecule has 0 spiro atoms. The third kappa shape index (κ3) is 1.76. The summed E-state index contributed by atoms with van der Waals surface area (Å²) in [6.45, 7) is 5.74. The summed E-state index contributed by atoms with van der Waals surface area (Å²) in [7, 11) is 0. The molecule has 21 heavy (non-hydrogen) atoms. The van der Waals surface area contributed by atoms with Crippen molar-refractivity contribution in [1.29, 1.82) is 0 Å². The van der Waals surface area contributed by atoms with Gasteiger partial charge in [-0.2, -0.15) is 0 Å². The van der Waals surface area contributed by atoms with Crippen molar-refractivity contribution in [3.63, 3.8) is 0 Å². The van der Waals surface area contributed by atoms with E-state index in [-0.39, 0.29) is 17.3 Å². The second-order valence-electron chi connectivity index (χ2n) is 6.51. The Morgan fingerprint density at radius 2 is 1.95 bits per heavy atom. The lowest BCUT2D eigenvalue weighted by Gasteiger charge is -2.28. The zero-order chi connectivity index (χ0) is 14.6. The molecule has 2 aromatic rings. The number of hydrogen-bond donors (Lipinski definition) is 0. The molecule has 108 valence electrons. The van der Waals surface area contributed by atoms with Gasteiger partial charge in [0.15, 0.2) is 0 Å². The highest BCUT2D eigenvalue weighted by Crippen LogP contribution is 2.48. The lowest BCUT2D eigenvalue weighted by molar-refractivity contribution is 0.324. The van der Waals surface area contributed by atoms with Crippen LogP contribution in [0.3, 0.4) is 0 Å². The van der Waals surface area contributed by atoms with E-state index < -0.39 is 0 Å². The number of halogens is 1. The van der Waals surface area contributed by atoms with Crippen LogP contribution in [0.4, 0.5) is 10.1 Å². The fourth-order valence-electron chi connectivity index (χ4n) is 3.61. The van der Waals surface area contributed by atoms with Crippen molar-refractivity contribution in [2.75, 3.05) is 18.1 Å². The number of nitrogens with zero attached hydrogens (tertiary/aromatic N) is 1. The van der Waals surface area contributed by atoms with Gasteiger partial charge in [0, 0.05) is 17.5 Å². The minimum atomic E-state index is -0.137. The van der Waals surface area contributed by atoms with Crippen molar-refractivity contribution in [1.82, 2.24) is 0 Å². The number of anilines is 1. The quantitative estimate of drug-likeness (QED) is 0.782. The highest BCUT2D eigenvalue weighted by molar-refractivity contribution is 5.65. The van der Waals surface area contributed by atoms with Crippen LogP contribution in [0.5, 0.6) is 5.75 Å². The van der Waals surface area contributed by atoms with Gasteiger partial charge in [-0.05, 0) is 17.7 Å². The maximum atomic E-state index is 14.4. The van der Waals surface area contributed by atoms with Crippen molar-refractivity contribution in [3.05, 3.63) is 59.4 Å². The van der Waals surface area contributed by atoms with Gasteiger partial charge < -0.3 is 9.64 Å². The number of ether oxygens (including phenoxy) is 1.